The van der Waals surface area contributed by atoms with Gasteiger partial charge in [0.25, 0.3) is 11.8 Å². The number of rotatable bonds is 4. The number of alkyl halides is 2. The van der Waals surface area contributed by atoms with E-state index in [-0.39, 0.29) is 5.56 Å². The number of likely N-dealkylation sites (tertiary alicyclic amines) is 1. The molecule has 1 aliphatic rings. The number of nitrogens with one attached hydrogen (secondary N) is 1. The second kappa shape index (κ2) is 8.00. The Hall–Kier alpha value is -3.87. The molecule has 0 bridgehead atoms. The van der Waals surface area contributed by atoms with Gasteiger partial charge >= 0.3 is 0 Å². The lowest BCUT2D eigenvalue weighted by Crippen LogP contribution is -2.43. The van der Waals surface area contributed by atoms with Crippen molar-refractivity contribution in [3.8, 4) is 17.2 Å². The number of fused-ring (bicyclic) bond motifs is 1. The number of carbonyl (C=O) groups is 2. The summed E-state index contributed by atoms with van der Waals surface area (Å²) < 4.78 is 32.4. The fourth-order valence-corrected chi connectivity index (χ4v) is 3.94. The number of aromatic nitrogens is 2. The van der Waals surface area contributed by atoms with Gasteiger partial charge in [-0.1, -0.05) is 11.2 Å². The SMILES string of the molecule is Cc1noc(C)c1-c1ccc2nccc(C(=O)NCC(=O)N3CC(F)(F)CC3C#N)c2c1. The maximum Gasteiger partial charge on any atom is 0.268 e. The fraction of sp³-hybridized carbons (Fsp3) is 0.318. The zero-order chi connectivity index (χ0) is 23.0. The van der Waals surface area contributed by atoms with Gasteiger partial charge in [0.15, 0.2) is 0 Å². The van der Waals surface area contributed by atoms with Gasteiger partial charge in [-0.15, -0.1) is 0 Å². The molecule has 1 saturated heterocycles. The molecule has 4 rings (SSSR count). The Morgan fingerprint density at radius 2 is 2.12 bits per heavy atom. The molecule has 3 heterocycles. The van der Waals surface area contributed by atoms with Crippen LogP contribution in [0.4, 0.5) is 8.78 Å². The summed E-state index contributed by atoms with van der Waals surface area (Å²) in [6, 6.07) is 7.42. The van der Waals surface area contributed by atoms with E-state index in [1.165, 1.54) is 12.3 Å². The second-order valence-electron chi connectivity index (χ2n) is 7.70. The molecule has 1 unspecified atom stereocenters. The first-order valence-corrected chi connectivity index (χ1v) is 9.87. The van der Waals surface area contributed by atoms with Crippen LogP contribution < -0.4 is 5.32 Å². The van der Waals surface area contributed by atoms with E-state index in [4.69, 9.17) is 9.78 Å². The molecule has 2 amide bonds. The van der Waals surface area contributed by atoms with Crippen molar-refractivity contribution in [3.05, 3.63) is 47.5 Å². The van der Waals surface area contributed by atoms with Gasteiger partial charge in [0.1, 0.15) is 11.8 Å². The molecule has 1 N–H and O–H groups in total. The lowest BCUT2D eigenvalue weighted by atomic mass is 9.99. The van der Waals surface area contributed by atoms with Crippen molar-refractivity contribution >= 4 is 22.7 Å². The lowest BCUT2D eigenvalue weighted by molar-refractivity contribution is -0.131. The third-order valence-corrected chi connectivity index (χ3v) is 5.45. The Morgan fingerprint density at radius 3 is 2.81 bits per heavy atom. The van der Waals surface area contributed by atoms with Crippen LogP contribution in [0.1, 0.15) is 28.2 Å². The molecular weight excluding hydrogens is 420 g/mol. The molecule has 1 fully saturated rings. The van der Waals surface area contributed by atoms with Gasteiger partial charge in [-0.05, 0) is 37.6 Å². The molecule has 32 heavy (non-hydrogen) atoms. The van der Waals surface area contributed by atoms with Gasteiger partial charge < -0.3 is 14.7 Å². The van der Waals surface area contributed by atoms with Crippen LogP contribution in [0, 0.1) is 25.2 Å². The minimum atomic E-state index is -3.12. The third-order valence-electron chi connectivity index (χ3n) is 5.45. The number of nitrogens with zero attached hydrogens (tertiary/aromatic N) is 4. The van der Waals surface area contributed by atoms with Crippen molar-refractivity contribution in [3.63, 3.8) is 0 Å². The first kappa shape index (κ1) is 21.4. The number of aryl methyl sites for hydroxylation is 2. The van der Waals surface area contributed by atoms with E-state index < -0.39 is 43.3 Å². The fourth-order valence-electron chi connectivity index (χ4n) is 3.94. The average molecular weight is 439 g/mol. The first-order chi connectivity index (χ1) is 15.2. The molecule has 0 radical (unpaired) electrons. The molecule has 10 heteroatoms. The van der Waals surface area contributed by atoms with Crippen molar-refractivity contribution in [1.29, 1.82) is 5.26 Å². The lowest BCUT2D eigenvalue weighted by Gasteiger charge is -2.19. The van der Waals surface area contributed by atoms with Crippen LogP contribution >= 0.6 is 0 Å². The van der Waals surface area contributed by atoms with E-state index in [1.807, 2.05) is 13.0 Å². The van der Waals surface area contributed by atoms with Gasteiger partial charge in [0.05, 0.1) is 35.9 Å². The molecule has 0 spiro atoms. The van der Waals surface area contributed by atoms with E-state index in [2.05, 4.69) is 15.5 Å². The quantitative estimate of drug-likeness (QED) is 0.669. The van der Waals surface area contributed by atoms with E-state index in [9.17, 15) is 18.4 Å². The monoisotopic (exact) mass is 439 g/mol. The smallest absolute Gasteiger partial charge is 0.268 e. The highest BCUT2D eigenvalue weighted by Crippen LogP contribution is 2.32. The largest absolute Gasteiger partial charge is 0.361 e. The Kier molecular flexibility index (Phi) is 5.34. The van der Waals surface area contributed by atoms with Crippen LogP contribution in [0.25, 0.3) is 22.0 Å². The maximum atomic E-state index is 13.6. The highest BCUT2D eigenvalue weighted by molar-refractivity contribution is 6.07. The molecule has 1 aliphatic heterocycles. The summed E-state index contributed by atoms with van der Waals surface area (Å²) in [5.41, 5.74) is 3.16. The number of benzene rings is 1. The molecular formula is C22H19F2N5O3. The zero-order valence-corrected chi connectivity index (χ0v) is 17.4. The molecule has 0 aliphatic carbocycles. The topological polar surface area (TPSA) is 112 Å². The minimum absolute atomic E-state index is 0.278. The number of pyridine rings is 1. The standard InChI is InChI=1S/C22H19F2N5O3/c1-12-20(13(2)32-28-12)14-3-4-18-17(7-14)16(5-6-26-18)21(31)27-10-19(30)29-11-22(23,24)8-15(29)9-25/h3-7,15H,8,10-11H2,1-2H3,(H,27,31). The normalized spacial score (nSPS) is 17.3. The van der Waals surface area contributed by atoms with E-state index in [0.717, 1.165) is 16.0 Å². The van der Waals surface area contributed by atoms with Crippen molar-refractivity contribution in [2.45, 2.75) is 32.2 Å². The highest BCUT2D eigenvalue weighted by atomic mass is 19.3. The number of nitriles is 1. The molecule has 164 valence electrons. The van der Waals surface area contributed by atoms with Gasteiger partial charge in [-0.3, -0.25) is 14.6 Å². The van der Waals surface area contributed by atoms with E-state index in [1.54, 1.807) is 25.1 Å². The van der Waals surface area contributed by atoms with E-state index in [0.29, 0.717) is 22.4 Å². The minimum Gasteiger partial charge on any atom is -0.361 e. The van der Waals surface area contributed by atoms with Crippen molar-refractivity contribution in [2.24, 2.45) is 0 Å². The molecule has 8 nitrogen and oxygen atoms in total. The summed E-state index contributed by atoms with van der Waals surface area (Å²) >= 11 is 0. The number of hydrogen-bond acceptors (Lipinski definition) is 6. The van der Waals surface area contributed by atoms with E-state index >= 15 is 0 Å². The second-order valence-corrected chi connectivity index (χ2v) is 7.70. The predicted molar refractivity (Wildman–Crippen MR) is 110 cm³/mol. The molecule has 1 atom stereocenters. The molecule has 0 saturated carbocycles. The van der Waals surface area contributed by atoms with Crippen LogP contribution in [-0.4, -0.2) is 51.9 Å². The van der Waals surface area contributed by atoms with Gasteiger partial charge in [-0.2, -0.15) is 5.26 Å². The summed E-state index contributed by atoms with van der Waals surface area (Å²) in [5.74, 6) is -3.77. The summed E-state index contributed by atoms with van der Waals surface area (Å²) in [4.78, 5) is 30.3. The van der Waals surface area contributed by atoms with Crippen LogP contribution in [-0.2, 0) is 4.79 Å². The number of carbonyl (C=O) groups excluding carboxylic acids is 2. The summed E-state index contributed by atoms with van der Waals surface area (Å²) in [7, 11) is 0. The maximum absolute atomic E-state index is 13.6. The average Bonchev–Trinajstić information content (AvgIpc) is 3.28. The van der Waals surface area contributed by atoms with Crippen molar-refractivity contribution in [1.82, 2.24) is 20.4 Å². The summed E-state index contributed by atoms with van der Waals surface area (Å²) in [5, 5.41) is 16.0. The Morgan fingerprint density at radius 1 is 1.34 bits per heavy atom. The first-order valence-electron chi connectivity index (χ1n) is 9.87. The molecule has 3 aromatic rings. The Balaban J connectivity index is 1.57. The summed E-state index contributed by atoms with van der Waals surface area (Å²) in [6.45, 7) is 2.27. The van der Waals surface area contributed by atoms with Crippen molar-refractivity contribution in [2.75, 3.05) is 13.1 Å². The van der Waals surface area contributed by atoms with Gasteiger partial charge in [0.2, 0.25) is 5.91 Å². The van der Waals surface area contributed by atoms with Crippen LogP contribution in [0.5, 0.6) is 0 Å². The Bertz CT molecular complexity index is 1240. The molecule has 2 aromatic heterocycles. The van der Waals surface area contributed by atoms with Crippen LogP contribution in [0.3, 0.4) is 0 Å². The van der Waals surface area contributed by atoms with Crippen LogP contribution in [0.2, 0.25) is 0 Å². The zero-order valence-electron chi connectivity index (χ0n) is 17.4. The highest BCUT2D eigenvalue weighted by Gasteiger charge is 2.47. The van der Waals surface area contributed by atoms with Gasteiger partial charge in [0, 0.05) is 23.6 Å². The summed E-state index contributed by atoms with van der Waals surface area (Å²) in [6.07, 6.45) is 0.768. The van der Waals surface area contributed by atoms with Gasteiger partial charge in [-0.25, -0.2) is 8.78 Å². The Labute approximate surface area is 181 Å². The number of amides is 2. The third kappa shape index (κ3) is 3.89. The number of halogens is 2. The van der Waals surface area contributed by atoms with Crippen LogP contribution in [0.15, 0.2) is 35.0 Å². The number of hydrogen-bond donors (Lipinski definition) is 1. The van der Waals surface area contributed by atoms with Crippen molar-refractivity contribution < 1.29 is 22.9 Å². The molecule has 1 aromatic carbocycles. The predicted octanol–water partition coefficient (Wildman–Crippen LogP) is 3.00.